The van der Waals surface area contributed by atoms with Crippen molar-refractivity contribution in [2.75, 3.05) is 24.9 Å². The van der Waals surface area contributed by atoms with E-state index in [1.165, 1.54) is 12.1 Å². The highest BCUT2D eigenvalue weighted by Gasteiger charge is 2.28. The second-order valence-electron chi connectivity index (χ2n) is 8.51. The maximum Gasteiger partial charge on any atom is 0.233 e. The molecule has 1 saturated carbocycles. The molecule has 5 rings (SSSR count). The molecular weight excluding hydrogens is 468 g/mol. The number of hydrogen-bond acceptors (Lipinski definition) is 8. The predicted molar refractivity (Wildman–Crippen MR) is 131 cm³/mol. The molecule has 1 aliphatic carbocycles. The van der Waals surface area contributed by atoms with E-state index in [-0.39, 0.29) is 5.92 Å². The molecule has 9 nitrogen and oxygen atoms in total. The molecule has 2 aromatic carbocycles. The van der Waals surface area contributed by atoms with E-state index >= 15 is 0 Å². The van der Waals surface area contributed by atoms with Gasteiger partial charge in [-0.1, -0.05) is 6.07 Å². The number of nitrogens with one attached hydrogen (secondary N) is 3. The summed E-state index contributed by atoms with van der Waals surface area (Å²) in [6, 6.07) is 10.4. The van der Waals surface area contributed by atoms with Crippen molar-refractivity contribution < 1.29 is 18.3 Å². The van der Waals surface area contributed by atoms with Gasteiger partial charge < -0.3 is 20.1 Å². The van der Waals surface area contributed by atoms with Crippen LogP contribution in [0.4, 0.5) is 26.5 Å². The summed E-state index contributed by atoms with van der Waals surface area (Å²) in [5.41, 5.74) is 1.93. The first-order valence-electron chi connectivity index (χ1n) is 11.5. The Hall–Kier alpha value is -4.28. The Balaban J connectivity index is 1.37. The van der Waals surface area contributed by atoms with Gasteiger partial charge in [-0.05, 0) is 44.0 Å². The number of H-pyrrole nitrogens is 1. The first-order chi connectivity index (χ1) is 17.4. The third-order valence-corrected chi connectivity index (χ3v) is 5.88. The second-order valence-corrected chi connectivity index (χ2v) is 8.51. The van der Waals surface area contributed by atoms with E-state index in [9.17, 15) is 8.78 Å². The van der Waals surface area contributed by atoms with Crippen molar-refractivity contribution in [2.45, 2.75) is 31.7 Å². The van der Waals surface area contributed by atoms with Gasteiger partial charge in [-0.3, -0.25) is 5.10 Å². The van der Waals surface area contributed by atoms with Gasteiger partial charge >= 0.3 is 0 Å². The normalized spacial score (nSPS) is 13.8. The van der Waals surface area contributed by atoms with Crippen molar-refractivity contribution in [1.29, 1.82) is 0 Å². The molecule has 0 amide bonds. The Kier molecular flexibility index (Phi) is 6.36. The molecule has 3 N–H and O–H groups in total. The molecule has 4 aromatic rings. The minimum absolute atomic E-state index is 0.258. The van der Waals surface area contributed by atoms with Crippen LogP contribution in [0.1, 0.15) is 43.1 Å². The molecule has 0 radical (unpaired) electrons. The van der Waals surface area contributed by atoms with Gasteiger partial charge in [0, 0.05) is 29.2 Å². The van der Waals surface area contributed by atoms with Gasteiger partial charge in [0.1, 0.15) is 17.5 Å². The quantitative estimate of drug-likeness (QED) is 0.286. The SMILES string of the molecule is COc1ccc(-c2cc(Nc3nc(NC(C)c4ccc(F)cc4F)nc(C4CC4)n3)n[nH]2)cc1OC. The topological polar surface area (TPSA) is 110 Å². The lowest BCUT2D eigenvalue weighted by Gasteiger charge is -2.16. The number of ether oxygens (including phenoxy) is 2. The summed E-state index contributed by atoms with van der Waals surface area (Å²) in [5, 5.41) is 13.5. The van der Waals surface area contributed by atoms with Crippen LogP contribution in [0.15, 0.2) is 42.5 Å². The Labute approximate surface area is 206 Å². The van der Waals surface area contributed by atoms with Gasteiger partial charge in [0.15, 0.2) is 17.3 Å². The van der Waals surface area contributed by atoms with Crippen molar-refractivity contribution in [2.24, 2.45) is 0 Å². The van der Waals surface area contributed by atoms with Crippen molar-refractivity contribution >= 4 is 17.7 Å². The van der Waals surface area contributed by atoms with Crippen LogP contribution in [0.25, 0.3) is 11.3 Å². The fourth-order valence-corrected chi connectivity index (χ4v) is 3.81. The molecule has 0 aliphatic heterocycles. The molecule has 36 heavy (non-hydrogen) atoms. The van der Waals surface area contributed by atoms with Crippen LogP contribution in [-0.4, -0.2) is 39.4 Å². The molecule has 0 spiro atoms. The number of aromatic nitrogens is 5. The average Bonchev–Trinajstić information content (AvgIpc) is 3.62. The molecule has 1 unspecified atom stereocenters. The van der Waals surface area contributed by atoms with Crippen LogP contribution in [0, 0.1) is 11.6 Å². The van der Waals surface area contributed by atoms with E-state index in [1.54, 1.807) is 21.1 Å². The van der Waals surface area contributed by atoms with Gasteiger partial charge in [0.2, 0.25) is 11.9 Å². The summed E-state index contributed by atoms with van der Waals surface area (Å²) in [7, 11) is 3.16. The Bertz CT molecular complexity index is 1390. The average molecular weight is 494 g/mol. The molecule has 0 bridgehead atoms. The van der Waals surface area contributed by atoms with Gasteiger partial charge in [-0.25, -0.2) is 8.78 Å². The minimum atomic E-state index is -0.635. The van der Waals surface area contributed by atoms with E-state index < -0.39 is 17.7 Å². The number of halogens is 2. The summed E-state index contributed by atoms with van der Waals surface area (Å²) in [5.74, 6) is 2.00. The van der Waals surface area contributed by atoms with E-state index in [0.29, 0.717) is 40.6 Å². The highest BCUT2D eigenvalue weighted by molar-refractivity contribution is 5.67. The number of benzene rings is 2. The smallest absolute Gasteiger partial charge is 0.233 e. The zero-order valence-electron chi connectivity index (χ0n) is 20.0. The van der Waals surface area contributed by atoms with Gasteiger partial charge in [0.25, 0.3) is 0 Å². The number of aromatic amines is 1. The fourth-order valence-electron chi connectivity index (χ4n) is 3.81. The number of hydrogen-bond donors (Lipinski definition) is 3. The van der Waals surface area contributed by atoms with E-state index in [4.69, 9.17) is 9.47 Å². The third kappa shape index (κ3) is 5.04. The first-order valence-corrected chi connectivity index (χ1v) is 11.5. The highest BCUT2D eigenvalue weighted by atomic mass is 19.1. The summed E-state index contributed by atoms with van der Waals surface area (Å²) < 4.78 is 38.2. The maximum atomic E-state index is 14.2. The molecule has 2 heterocycles. The molecule has 2 aromatic heterocycles. The van der Waals surface area contributed by atoms with E-state index in [0.717, 1.165) is 30.2 Å². The zero-order chi connectivity index (χ0) is 25.2. The lowest BCUT2D eigenvalue weighted by atomic mass is 10.1. The van der Waals surface area contributed by atoms with Crippen molar-refractivity contribution in [3.63, 3.8) is 0 Å². The van der Waals surface area contributed by atoms with Gasteiger partial charge in [0.05, 0.1) is 26.0 Å². The Morgan fingerprint density at radius 3 is 2.44 bits per heavy atom. The lowest BCUT2D eigenvalue weighted by Crippen LogP contribution is -2.14. The van der Waals surface area contributed by atoms with Crippen LogP contribution < -0.4 is 20.1 Å². The van der Waals surface area contributed by atoms with Crippen LogP contribution in [0.3, 0.4) is 0 Å². The Morgan fingerprint density at radius 1 is 0.944 bits per heavy atom. The summed E-state index contributed by atoms with van der Waals surface area (Å²) >= 11 is 0. The number of rotatable bonds is 9. The van der Waals surface area contributed by atoms with Crippen LogP contribution in [0.5, 0.6) is 11.5 Å². The number of anilines is 3. The van der Waals surface area contributed by atoms with Crippen LogP contribution in [-0.2, 0) is 0 Å². The molecular formula is C25H25F2N7O2. The lowest BCUT2D eigenvalue weighted by molar-refractivity contribution is 0.355. The predicted octanol–water partition coefficient (Wildman–Crippen LogP) is 5.35. The summed E-state index contributed by atoms with van der Waals surface area (Å²) in [6.45, 7) is 1.76. The molecule has 0 saturated heterocycles. The fraction of sp³-hybridized carbons (Fsp3) is 0.280. The van der Waals surface area contributed by atoms with Gasteiger partial charge in [-0.2, -0.15) is 20.1 Å². The monoisotopic (exact) mass is 493 g/mol. The molecule has 186 valence electrons. The number of nitrogens with zero attached hydrogens (tertiary/aromatic N) is 4. The molecule has 11 heteroatoms. The second kappa shape index (κ2) is 9.76. The Morgan fingerprint density at radius 2 is 1.72 bits per heavy atom. The van der Waals surface area contributed by atoms with Crippen molar-refractivity contribution in [1.82, 2.24) is 25.1 Å². The van der Waals surface area contributed by atoms with Crippen LogP contribution >= 0.6 is 0 Å². The summed E-state index contributed by atoms with van der Waals surface area (Å²) in [4.78, 5) is 13.5. The first kappa shape index (κ1) is 23.5. The van der Waals surface area contributed by atoms with Gasteiger partial charge in [-0.15, -0.1) is 0 Å². The largest absolute Gasteiger partial charge is 0.493 e. The van der Waals surface area contributed by atoms with Crippen molar-refractivity contribution in [3.8, 4) is 22.8 Å². The number of methoxy groups -OCH3 is 2. The standard InChI is InChI=1S/C25H25F2N7O2/c1-13(17-8-7-16(26)11-18(17)27)28-24-30-23(14-4-5-14)31-25(32-24)29-22-12-19(33-34-22)15-6-9-20(35-2)21(10-15)36-3/h6-14H,4-5H2,1-3H3,(H3,28,29,30,31,32,33,34). The van der Waals surface area contributed by atoms with E-state index in [1.807, 2.05) is 24.3 Å². The third-order valence-electron chi connectivity index (χ3n) is 5.88. The maximum absolute atomic E-state index is 14.2. The van der Waals surface area contributed by atoms with Crippen LogP contribution in [0.2, 0.25) is 0 Å². The zero-order valence-corrected chi connectivity index (χ0v) is 20.0. The van der Waals surface area contributed by atoms with E-state index in [2.05, 4.69) is 35.8 Å². The highest BCUT2D eigenvalue weighted by Crippen LogP contribution is 2.39. The van der Waals surface area contributed by atoms with Crippen molar-refractivity contribution in [3.05, 3.63) is 65.5 Å². The minimum Gasteiger partial charge on any atom is -0.493 e. The molecule has 1 fully saturated rings. The molecule has 1 aliphatic rings. The molecule has 1 atom stereocenters. The summed E-state index contributed by atoms with van der Waals surface area (Å²) in [6.07, 6.45) is 1.99.